The van der Waals surface area contributed by atoms with Gasteiger partial charge in [0.15, 0.2) is 5.60 Å². The molecule has 1 spiro atoms. The summed E-state index contributed by atoms with van der Waals surface area (Å²) < 4.78 is 12.1. The first-order valence-corrected chi connectivity index (χ1v) is 8.87. The molecular formula is C22H14N2O5. The zero-order valence-electron chi connectivity index (χ0n) is 15.0. The van der Waals surface area contributed by atoms with Gasteiger partial charge in [0.1, 0.15) is 11.5 Å². The molecule has 3 aromatic carbocycles. The molecule has 2 aliphatic rings. The van der Waals surface area contributed by atoms with Gasteiger partial charge in [0, 0.05) is 40.2 Å². The Morgan fingerprint density at radius 1 is 0.759 bits per heavy atom. The molecule has 3 aromatic rings. The summed E-state index contributed by atoms with van der Waals surface area (Å²) in [5.41, 5.74) is 2.39. The molecule has 2 N–H and O–H groups in total. The number of benzene rings is 3. The Labute approximate surface area is 165 Å². The highest BCUT2D eigenvalue weighted by Crippen LogP contribution is 2.56. The highest BCUT2D eigenvalue weighted by Gasteiger charge is 2.53. The lowest BCUT2D eigenvalue weighted by Crippen LogP contribution is -2.33. The van der Waals surface area contributed by atoms with Crippen molar-refractivity contribution in [3.63, 3.8) is 0 Å². The van der Waals surface area contributed by atoms with Gasteiger partial charge in [-0.3, -0.25) is 9.59 Å². The van der Waals surface area contributed by atoms with Crippen LogP contribution in [0.3, 0.4) is 0 Å². The van der Waals surface area contributed by atoms with Crippen LogP contribution in [0.25, 0.3) is 0 Å². The zero-order valence-corrected chi connectivity index (χ0v) is 15.0. The van der Waals surface area contributed by atoms with Crippen LogP contribution >= 0.6 is 0 Å². The first kappa shape index (κ1) is 17.0. The van der Waals surface area contributed by atoms with E-state index >= 15 is 0 Å². The molecular weight excluding hydrogens is 372 g/mol. The maximum absolute atomic E-state index is 12.7. The van der Waals surface area contributed by atoms with Gasteiger partial charge < -0.3 is 20.1 Å². The second-order valence-corrected chi connectivity index (χ2v) is 6.66. The van der Waals surface area contributed by atoms with E-state index in [1.165, 1.54) is 0 Å². The average molecular weight is 386 g/mol. The van der Waals surface area contributed by atoms with Crippen LogP contribution in [-0.4, -0.2) is 18.8 Å². The van der Waals surface area contributed by atoms with Crippen LogP contribution in [0.2, 0.25) is 0 Å². The van der Waals surface area contributed by atoms with Crippen molar-refractivity contribution in [2.24, 2.45) is 0 Å². The molecule has 29 heavy (non-hydrogen) atoms. The third-order valence-electron chi connectivity index (χ3n) is 5.16. The second kappa shape index (κ2) is 6.20. The molecule has 0 saturated heterocycles. The SMILES string of the molecule is O=CNc1ccc2c(c1)Oc1cc(NC=O)ccc1C21OC(=O)c2ccccc21. The maximum Gasteiger partial charge on any atom is 0.340 e. The van der Waals surface area contributed by atoms with E-state index in [2.05, 4.69) is 10.6 Å². The van der Waals surface area contributed by atoms with E-state index in [1.54, 1.807) is 48.5 Å². The Morgan fingerprint density at radius 2 is 1.34 bits per heavy atom. The second-order valence-electron chi connectivity index (χ2n) is 6.66. The van der Waals surface area contributed by atoms with E-state index in [4.69, 9.17) is 9.47 Å². The number of hydrogen-bond acceptors (Lipinski definition) is 5. The van der Waals surface area contributed by atoms with E-state index < -0.39 is 11.6 Å². The normalized spacial score (nSPS) is 14.7. The van der Waals surface area contributed by atoms with Crippen LogP contribution < -0.4 is 15.4 Å². The Bertz CT molecular complexity index is 1130. The Kier molecular flexibility index (Phi) is 3.64. The van der Waals surface area contributed by atoms with Gasteiger partial charge in [0.05, 0.1) is 5.56 Å². The molecule has 0 bridgehead atoms. The molecule has 2 amide bonds. The lowest BCUT2D eigenvalue weighted by Gasteiger charge is -2.36. The monoisotopic (exact) mass is 386 g/mol. The highest BCUT2D eigenvalue weighted by molar-refractivity contribution is 5.97. The van der Waals surface area contributed by atoms with Crippen molar-refractivity contribution in [2.45, 2.75) is 5.60 Å². The summed E-state index contributed by atoms with van der Waals surface area (Å²) >= 11 is 0. The largest absolute Gasteiger partial charge is 0.456 e. The van der Waals surface area contributed by atoms with E-state index in [-0.39, 0.29) is 0 Å². The predicted octanol–water partition coefficient (Wildman–Crippen LogP) is 3.39. The van der Waals surface area contributed by atoms with E-state index in [9.17, 15) is 14.4 Å². The minimum Gasteiger partial charge on any atom is -0.456 e. The third-order valence-corrected chi connectivity index (χ3v) is 5.16. The molecule has 7 nitrogen and oxygen atoms in total. The quantitative estimate of drug-likeness (QED) is 0.530. The van der Waals surface area contributed by atoms with Gasteiger partial charge in [-0.05, 0) is 30.3 Å². The van der Waals surface area contributed by atoms with Crippen molar-refractivity contribution in [2.75, 3.05) is 10.6 Å². The predicted molar refractivity (Wildman–Crippen MR) is 104 cm³/mol. The number of carbonyl (C=O) groups excluding carboxylic acids is 3. The Hall–Kier alpha value is -4.13. The molecule has 2 aliphatic heterocycles. The van der Waals surface area contributed by atoms with Gasteiger partial charge in [-0.1, -0.05) is 18.2 Å². The molecule has 0 saturated carbocycles. The van der Waals surface area contributed by atoms with Gasteiger partial charge in [-0.25, -0.2) is 4.79 Å². The molecule has 7 heteroatoms. The summed E-state index contributed by atoms with van der Waals surface area (Å²) in [6, 6.07) is 17.6. The smallest absolute Gasteiger partial charge is 0.340 e. The van der Waals surface area contributed by atoms with E-state index in [1.807, 2.05) is 12.1 Å². The van der Waals surface area contributed by atoms with E-state index in [0.717, 1.165) is 0 Å². The topological polar surface area (TPSA) is 93.7 Å². The van der Waals surface area contributed by atoms with Crippen LogP contribution in [-0.2, 0) is 19.9 Å². The number of carbonyl (C=O) groups is 3. The summed E-state index contributed by atoms with van der Waals surface area (Å²) in [5, 5.41) is 5.19. The first-order chi connectivity index (χ1) is 14.2. The number of esters is 1. The molecule has 0 unspecified atom stereocenters. The van der Waals surface area contributed by atoms with Gasteiger partial charge in [0.25, 0.3) is 0 Å². The van der Waals surface area contributed by atoms with Crippen LogP contribution in [0.1, 0.15) is 27.0 Å². The van der Waals surface area contributed by atoms with Crippen molar-refractivity contribution in [1.29, 1.82) is 0 Å². The standard InChI is InChI=1S/C22H14N2O5/c25-11-23-13-5-7-17-19(9-13)28-20-10-14(24-12-26)6-8-18(20)22(17)16-4-2-1-3-15(16)21(27)29-22/h1-12H,(H,23,25)(H,24,26). The fourth-order valence-corrected chi connectivity index (χ4v) is 3.99. The van der Waals surface area contributed by atoms with Gasteiger partial charge in [-0.2, -0.15) is 0 Å². The van der Waals surface area contributed by atoms with Crippen molar-refractivity contribution < 1.29 is 23.9 Å². The summed E-state index contributed by atoms with van der Waals surface area (Å²) in [5.74, 6) is 0.457. The molecule has 142 valence electrons. The van der Waals surface area contributed by atoms with Crippen LogP contribution in [0, 0.1) is 0 Å². The minimum absolute atomic E-state index is 0.426. The number of rotatable bonds is 4. The number of fused-ring (bicyclic) bond motifs is 6. The lowest BCUT2D eigenvalue weighted by molar-refractivity contribution is -0.106. The van der Waals surface area contributed by atoms with Gasteiger partial charge in [-0.15, -0.1) is 0 Å². The van der Waals surface area contributed by atoms with E-state index in [0.29, 0.717) is 57.9 Å². The number of hydrogen-bond donors (Lipinski definition) is 2. The first-order valence-electron chi connectivity index (χ1n) is 8.87. The number of nitrogens with one attached hydrogen (secondary N) is 2. The van der Waals surface area contributed by atoms with Crippen LogP contribution in [0.15, 0.2) is 60.7 Å². The number of anilines is 2. The lowest BCUT2D eigenvalue weighted by atomic mass is 9.77. The molecule has 2 heterocycles. The number of ether oxygens (including phenoxy) is 2. The molecule has 0 aromatic heterocycles. The zero-order chi connectivity index (χ0) is 20.0. The van der Waals surface area contributed by atoms with Crippen molar-refractivity contribution >= 4 is 30.2 Å². The molecule has 0 radical (unpaired) electrons. The number of amides is 2. The van der Waals surface area contributed by atoms with Crippen LogP contribution in [0.5, 0.6) is 11.5 Å². The summed E-state index contributed by atoms with van der Waals surface area (Å²) in [7, 11) is 0. The maximum atomic E-state index is 12.7. The summed E-state index contributed by atoms with van der Waals surface area (Å²) in [6.07, 6.45) is 1.15. The van der Waals surface area contributed by atoms with Crippen molar-refractivity contribution in [3.05, 3.63) is 82.9 Å². The minimum atomic E-state index is -1.18. The van der Waals surface area contributed by atoms with Crippen molar-refractivity contribution in [3.8, 4) is 11.5 Å². The fraction of sp³-hybridized carbons (Fsp3) is 0.0455. The fourth-order valence-electron chi connectivity index (χ4n) is 3.99. The molecule has 0 atom stereocenters. The third kappa shape index (κ3) is 2.34. The summed E-state index contributed by atoms with van der Waals surface area (Å²) in [6.45, 7) is 0. The van der Waals surface area contributed by atoms with Gasteiger partial charge >= 0.3 is 5.97 Å². The Morgan fingerprint density at radius 3 is 1.93 bits per heavy atom. The molecule has 0 aliphatic carbocycles. The van der Waals surface area contributed by atoms with Gasteiger partial charge in [0.2, 0.25) is 12.8 Å². The van der Waals surface area contributed by atoms with Crippen molar-refractivity contribution in [1.82, 2.24) is 0 Å². The highest BCUT2D eigenvalue weighted by atomic mass is 16.6. The Balaban J connectivity index is 1.81. The van der Waals surface area contributed by atoms with Crippen LogP contribution in [0.4, 0.5) is 11.4 Å². The summed E-state index contributed by atoms with van der Waals surface area (Å²) in [4.78, 5) is 34.4. The molecule has 0 fully saturated rings. The average Bonchev–Trinajstić information content (AvgIpc) is 3.02. The molecule has 5 rings (SSSR count).